The molecule has 168 valence electrons. The van der Waals surface area contributed by atoms with Crippen molar-refractivity contribution >= 4 is 46.6 Å². The van der Waals surface area contributed by atoms with E-state index in [1.807, 2.05) is 35.7 Å². The van der Waals surface area contributed by atoms with Crippen molar-refractivity contribution in [3.63, 3.8) is 0 Å². The van der Waals surface area contributed by atoms with E-state index in [-0.39, 0.29) is 18.0 Å². The third kappa shape index (κ3) is 4.80. The lowest BCUT2D eigenvalue weighted by atomic mass is 10.1. The minimum Gasteiger partial charge on any atom is -0.496 e. The van der Waals surface area contributed by atoms with Gasteiger partial charge in [0.05, 0.1) is 24.0 Å². The number of methoxy groups -OCH3 is 1. The van der Waals surface area contributed by atoms with Crippen molar-refractivity contribution in [2.45, 2.75) is 6.42 Å². The molecule has 0 unspecified atom stereocenters. The van der Waals surface area contributed by atoms with Gasteiger partial charge in [-0.25, -0.2) is 4.79 Å². The van der Waals surface area contributed by atoms with Crippen LogP contribution in [0.15, 0.2) is 66.1 Å². The highest BCUT2D eigenvalue weighted by Crippen LogP contribution is 2.35. The number of benzene rings is 2. The fourth-order valence-corrected chi connectivity index (χ4v) is 4.41. The highest BCUT2D eigenvalue weighted by atomic mass is 32.1. The summed E-state index contributed by atoms with van der Waals surface area (Å²) in [4.78, 5) is 41.7. The molecule has 4 rings (SSSR count). The van der Waals surface area contributed by atoms with E-state index in [4.69, 9.17) is 4.74 Å². The number of fused-ring (bicyclic) bond motifs is 1. The number of hydrogen-bond donors (Lipinski definition) is 1. The van der Waals surface area contributed by atoms with Gasteiger partial charge in [0.2, 0.25) is 5.91 Å². The van der Waals surface area contributed by atoms with Crippen molar-refractivity contribution in [2.75, 3.05) is 30.0 Å². The number of aromatic carboxylic acids is 1. The maximum absolute atomic E-state index is 13.1. The Bertz CT molecular complexity index is 1220. The summed E-state index contributed by atoms with van der Waals surface area (Å²) >= 11 is 1.61. The molecule has 0 spiro atoms. The standard InChI is InChI=1S/C25H22N2O5S/c1-32-22-7-3-2-5-17(22)9-11-23(28)27-16-24(29)26(13-12-19-6-4-14-33-19)20-10-8-18(25(30)31)15-21(20)27/h2-11,14-15H,12-13,16H2,1H3,(H,30,31)/b11-9+. The van der Waals surface area contributed by atoms with Crippen molar-refractivity contribution in [1.82, 2.24) is 0 Å². The molecule has 1 aliphatic heterocycles. The van der Waals surface area contributed by atoms with E-state index in [1.54, 1.807) is 41.6 Å². The largest absolute Gasteiger partial charge is 0.496 e. The smallest absolute Gasteiger partial charge is 0.335 e. The monoisotopic (exact) mass is 462 g/mol. The Labute approximate surface area is 195 Å². The van der Waals surface area contributed by atoms with Crippen LogP contribution in [0.4, 0.5) is 11.4 Å². The van der Waals surface area contributed by atoms with Gasteiger partial charge in [-0.15, -0.1) is 11.3 Å². The Morgan fingerprint density at radius 2 is 1.94 bits per heavy atom. The number of anilines is 2. The normalized spacial score (nSPS) is 13.3. The molecule has 0 radical (unpaired) electrons. The maximum atomic E-state index is 13.1. The number of amides is 2. The maximum Gasteiger partial charge on any atom is 0.335 e. The van der Waals surface area contributed by atoms with Gasteiger partial charge in [0.1, 0.15) is 12.3 Å². The molecule has 8 heteroatoms. The van der Waals surface area contributed by atoms with E-state index in [9.17, 15) is 19.5 Å². The van der Waals surface area contributed by atoms with Crippen LogP contribution in [0.5, 0.6) is 5.75 Å². The lowest BCUT2D eigenvalue weighted by Crippen LogP contribution is -2.48. The Morgan fingerprint density at radius 1 is 1.12 bits per heavy atom. The summed E-state index contributed by atoms with van der Waals surface area (Å²) < 4.78 is 5.31. The summed E-state index contributed by atoms with van der Waals surface area (Å²) in [6.45, 7) is 0.271. The highest BCUT2D eigenvalue weighted by molar-refractivity contribution is 7.09. The molecule has 0 bridgehead atoms. The number of carboxylic acid groups (broad SMARTS) is 1. The summed E-state index contributed by atoms with van der Waals surface area (Å²) in [5.74, 6) is -1.13. The first-order valence-corrected chi connectivity index (χ1v) is 11.2. The third-order valence-corrected chi connectivity index (χ3v) is 6.31. The fraction of sp³-hybridized carbons (Fsp3) is 0.160. The zero-order valence-corrected chi connectivity index (χ0v) is 18.7. The molecule has 0 saturated carbocycles. The van der Waals surface area contributed by atoms with E-state index in [0.29, 0.717) is 35.7 Å². The van der Waals surface area contributed by atoms with Crippen LogP contribution in [0, 0.1) is 0 Å². The third-order valence-electron chi connectivity index (χ3n) is 5.37. The van der Waals surface area contributed by atoms with Gasteiger partial charge in [-0.2, -0.15) is 0 Å². The first kappa shape index (κ1) is 22.3. The second kappa shape index (κ2) is 9.70. The molecule has 1 aliphatic rings. The number of carboxylic acids is 1. The lowest BCUT2D eigenvalue weighted by molar-refractivity contribution is -0.120. The van der Waals surface area contributed by atoms with E-state index in [1.165, 1.54) is 23.1 Å². The van der Waals surface area contributed by atoms with E-state index in [0.717, 1.165) is 4.88 Å². The van der Waals surface area contributed by atoms with Gasteiger partial charge in [-0.1, -0.05) is 24.3 Å². The lowest BCUT2D eigenvalue weighted by Gasteiger charge is -2.36. The minimum absolute atomic E-state index is 0.0489. The Kier molecular flexibility index (Phi) is 6.55. The molecule has 2 heterocycles. The summed E-state index contributed by atoms with van der Waals surface area (Å²) in [6, 6.07) is 15.7. The van der Waals surface area contributed by atoms with Crippen LogP contribution in [0.25, 0.3) is 6.08 Å². The number of carbonyl (C=O) groups excluding carboxylic acids is 2. The topological polar surface area (TPSA) is 87.2 Å². The van der Waals surface area contributed by atoms with Gasteiger partial charge in [0, 0.05) is 23.1 Å². The van der Waals surface area contributed by atoms with Crippen LogP contribution in [-0.4, -0.2) is 43.1 Å². The van der Waals surface area contributed by atoms with Gasteiger partial charge in [0.25, 0.3) is 5.91 Å². The van der Waals surface area contributed by atoms with Crippen LogP contribution < -0.4 is 14.5 Å². The number of ether oxygens (including phenoxy) is 1. The highest BCUT2D eigenvalue weighted by Gasteiger charge is 2.32. The molecule has 33 heavy (non-hydrogen) atoms. The first-order valence-electron chi connectivity index (χ1n) is 10.3. The van der Waals surface area contributed by atoms with Crippen molar-refractivity contribution < 1.29 is 24.2 Å². The van der Waals surface area contributed by atoms with Crippen LogP contribution in [0.3, 0.4) is 0 Å². The Balaban J connectivity index is 1.65. The van der Waals surface area contributed by atoms with Gasteiger partial charge in [0.15, 0.2) is 0 Å². The molecule has 7 nitrogen and oxygen atoms in total. The average Bonchev–Trinajstić information content (AvgIpc) is 3.35. The molecular weight excluding hydrogens is 440 g/mol. The van der Waals surface area contributed by atoms with Gasteiger partial charge in [-0.05, 0) is 48.2 Å². The molecular formula is C25H22N2O5S. The van der Waals surface area contributed by atoms with Crippen molar-refractivity contribution in [3.05, 3.63) is 82.1 Å². The van der Waals surface area contributed by atoms with Crippen LogP contribution >= 0.6 is 11.3 Å². The number of para-hydroxylation sites is 1. The zero-order valence-electron chi connectivity index (χ0n) is 17.9. The van der Waals surface area contributed by atoms with Crippen LogP contribution in [-0.2, 0) is 16.0 Å². The van der Waals surface area contributed by atoms with E-state index < -0.39 is 11.9 Å². The molecule has 0 saturated heterocycles. The van der Waals surface area contributed by atoms with Crippen molar-refractivity contribution in [1.29, 1.82) is 0 Å². The second-order valence-corrected chi connectivity index (χ2v) is 8.42. The van der Waals surface area contributed by atoms with E-state index >= 15 is 0 Å². The molecule has 1 aromatic heterocycles. The van der Waals surface area contributed by atoms with E-state index in [2.05, 4.69) is 0 Å². The molecule has 0 atom stereocenters. The van der Waals surface area contributed by atoms with Gasteiger partial charge >= 0.3 is 5.97 Å². The predicted octanol–water partition coefficient (Wildman–Crippen LogP) is 4.09. The number of hydrogen-bond acceptors (Lipinski definition) is 5. The zero-order chi connectivity index (χ0) is 23.4. The minimum atomic E-state index is -1.10. The summed E-state index contributed by atoms with van der Waals surface area (Å²) in [6.07, 6.45) is 3.66. The molecule has 2 aromatic carbocycles. The second-order valence-electron chi connectivity index (χ2n) is 7.38. The van der Waals surface area contributed by atoms with Crippen molar-refractivity contribution in [3.8, 4) is 5.75 Å². The van der Waals surface area contributed by atoms with Gasteiger partial charge in [-0.3, -0.25) is 14.5 Å². The Morgan fingerprint density at radius 3 is 2.67 bits per heavy atom. The Hall–Kier alpha value is -3.91. The quantitative estimate of drug-likeness (QED) is 0.535. The number of thiophene rings is 1. The molecule has 0 fully saturated rings. The van der Waals surface area contributed by atoms with Crippen molar-refractivity contribution in [2.24, 2.45) is 0 Å². The summed E-state index contributed by atoms with van der Waals surface area (Å²) in [5.41, 5.74) is 1.68. The number of carbonyl (C=O) groups is 3. The average molecular weight is 463 g/mol. The van der Waals surface area contributed by atoms with Gasteiger partial charge < -0.3 is 14.7 Å². The molecule has 0 aliphatic carbocycles. The summed E-state index contributed by atoms with van der Waals surface area (Å²) in [5, 5.41) is 11.4. The molecule has 1 N–H and O–H groups in total. The first-order chi connectivity index (χ1) is 16.0. The number of nitrogens with zero attached hydrogens (tertiary/aromatic N) is 2. The van der Waals surface area contributed by atoms with Crippen LogP contribution in [0.1, 0.15) is 20.8 Å². The molecule has 3 aromatic rings. The number of rotatable bonds is 7. The SMILES string of the molecule is COc1ccccc1/C=C/C(=O)N1CC(=O)N(CCc2cccs2)c2ccc(C(=O)O)cc21. The summed E-state index contributed by atoms with van der Waals surface area (Å²) in [7, 11) is 1.55. The predicted molar refractivity (Wildman–Crippen MR) is 128 cm³/mol. The molecule has 2 amide bonds. The fourth-order valence-electron chi connectivity index (χ4n) is 3.71. The van der Waals surface area contributed by atoms with Crippen LogP contribution in [0.2, 0.25) is 0 Å².